The van der Waals surface area contributed by atoms with Crippen LogP contribution >= 0.6 is 24.0 Å². The van der Waals surface area contributed by atoms with Gasteiger partial charge in [-0.15, -0.1) is 24.0 Å². The Morgan fingerprint density at radius 3 is 2.35 bits per heavy atom. The highest BCUT2D eigenvalue weighted by atomic mass is 127. The van der Waals surface area contributed by atoms with Crippen molar-refractivity contribution >= 4 is 29.9 Å². The molecule has 1 aliphatic rings. The van der Waals surface area contributed by atoms with E-state index < -0.39 is 0 Å². The molecule has 2 N–H and O–H groups in total. The molecule has 0 spiro atoms. The number of rotatable bonds is 9. The number of aliphatic imine (C=N–C) groups is 1. The second-order valence-electron chi connectivity index (χ2n) is 7.86. The van der Waals surface area contributed by atoms with Gasteiger partial charge in [0.1, 0.15) is 11.5 Å². The molecule has 0 aliphatic carbocycles. The molecule has 1 saturated heterocycles. The first-order valence-electron chi connectivity index (χ1n) is 10.6. The second-order valence-corrected chi connectivity index (χ2v) is 7.86. The number of furan rings is 1. The van der Waals surface area contributed by atoms with E-state index in [4.69, 9.17) is 9.15 Å². The highest BCUT2D eigenvalue weighted by Gasteiger charge is 2.25. The van der Waals surface area contributed by atoms with E-state index in [-0.39, 0.29) is 36.1 Å². The Bertz CT molecular complexity index is 774. The van der Waals surface area contributed by atoms with Gasteiger partial charge in [0.05, 0.1) is 25.5 Å². The van der Waals surface area contributed by atoms with Gasteiger partial charge >= 0.3 is 0 Å². The molecule has 2 unspecified atom stereocenters. The number of likely N-dealkylation sites (N-methyl/N-ethyl adjacent to an activating group) is 1. The van der Waals surface area contributed by atoms with Gasteiger partial charge in [0.15, 0.2) is 5.96 Å². The summed E-state index contributed by atoms with van der Waals surface area (Å²) < 4.78 is 11.0. The van der Waals surface area contributed by atoms with Crippen LogP contribution in [0, 0.1) is 0 Å². The lowest BCUT2D eigenvalue weighted by Crippen LogP contribution is -2.45. The van der Waals surface area contributed by atoms with Crippen molar-refractivity contribution in [2.45, 2.75) is 24.9 Å². The fourth-order valence-corrected chi connectivity index (χ4v) is 3.98. The summed E-state index contributed by atoms with van der Waals surface area (Å²) in [5.41, 5.74) is 1.23. The predicted octanol–water partition coefficient (Wildman–Crippen LogP) is 3.51. The Morgan fingerprint density at radius 2 is 1.81 bits per heavy atom. The van der Waals surface area contributed by atoms with Crippen LogP contribution in [0.2, 0.25) is 0 Å². The first-order chi connectivity index (χ1) is 14.6. The van der Waals surface area contributed by atoms with Gasteiger partial charge in [-0.25, -0.2) is 0 Å². The summed E-state index contributed by atoms with van der Waals surface area (Å²) in [4.78, 5) is 9.12. The van der Waals surface area contributed by atoms with E-state index in [1.165, 1.54) is 18.4 Å². The molecule has 8 heteroatoms. The van der Waals surface area contributed by atoms with Crippen LogP contribution in [0.1, 0.15) is 36.2 Å². The van der Waals surface area contributed by atoms with Crippen molar-refractivity contribution < 1.29 is 9.15 Å². The van der Waals surface area contributed by atoms with Gasteiger partial charge in [-0.3, -0.25) is 9.89 Å². The minimum Gasteiger partial charge on any atom is -0.497 e. The lowest BCUT2D eigenvalue weighted by Gasteiger charge is -2.28. The molecule has 2 heterocycles. The smallest absolute Gasteiger partial charge is 0.191 e. The number of methoxy groups -OCH3 is 1. The van der Waals surface area contributed by atoms with Crippen LogP contribution in [0.4, 0.5) is 0 Å². The zero-order valence-electron chi connectivity index (χ0n) is 19.0. The van der Waals surface area contributed by atoms with Crippen LogP contribution in [-0.2, 0) is 0 Å². The van der Waals surface area contributed by atoms with Crippen LogP contribution in [0.5, 0.6) is 5.75 Å². The number of hydrogen-bond acceptors (Lipinski definition) is 5. The fourth-order valence-electron chi connectivity index (χ4n) is 3.98. The summed E-state index contributed by atoms with van der Waals surface area (Å²) in [7, 11) is 7.68. The van der Waals surface area contributed by atoms with Crippen molar-refractivity contribution in [1.29, 1.82) is 0 Å². The van der Waals surface area contributed by atoms with Crippen LogP contribution in [-0.4, -0.2) is 70.2 Å². The first-order valence-corrected chi connectivity index (χ1v) is 10.6. The fraction of sp³-hybridized carbons (Fsp3) is 0.522. The quantitative estimate of drug-likeness (QED) is 0.288. The number of halogens is 1. The van der Waals surface area contributed by atoms with Gasteiger partial charge in [0, 0.05) is 20.1 Å². The van der Waals surface area contributed by atoms with Gasteiger partial charge in [-0.05, 0) is 69.9 Å². The molecule has 7 nitrogen and oxygen atoms in total. The zero-order chi connectivity index (χ0) is 21.3. The van der Waals surface area contributed by atoms with Crippen molar-refractivity contribution in [3.8, 4) is 5.75 Å². The van der Waals surface area contributed by atoms with Gasteiger partial charge < -0.3 is 24.7 Å². The minimum absolute atomic E-state index is 0. The van der Waals surface area contributed by atoms with Gasteiger partial charge in [-0.1, -0.05) is 12.1 Å². The second kappa shape index (κ2) is 12.9. The molecule has 1 aromatic carbocycles. The topological polar surface area (TPSA) is 65.3 Å². The predicted molar refractivity (Wildman–Crippen MR) is 136 cm³/mol. The van der Waals surface area contributed by atoms with Gasteiger partial charge in [-0.2, -0.15) is 0 Å². The number of guanidine groups is 1. The van der Waals surface area contributed by atoms with Crippen LogP contribution < -0.4 is 15.4 Å². The molecule has 2 aromatic rings. The van der Waals surface area contributed by atoms with Crippen LogP contribution in [0.25, 0.3) is 0 Å². The maximum atomic E-state index is 5.72. The summed E-state index contributed by atoms with van der Waals surface area (Å²) in [6, 6.07) is 12.7. The van der Waals surface area contributed by atoms with Crippen molar-refractivity contribution in [1.82, 2.24) is 20.4 Å². The lowest BCUT2D eigenvalue weighted by atomic mass is 10.1. The molecule has 1 aliphatic heterocycles. The number of ether oxygens (including phenoxy) is 1. The molecule has 1 aromatic heterocycles. The molecular formula is C23H36IN5O2. The molecule has 2 atom stereocenters. The van der Waals surface area contributed by atoms with Crippen LogP contribution in [0.3, 0.4) is 0 Å². The molecule has 0 saturated carbocycles. The van der Waals surface area contributed by atoms with Crippen molar-refractivity contribution in [3.05, 3.63) is 54.0 Å². The average Bonchev–Trinajstić information content (AvgIpc) is 3.48. The van der Waals surface area contributed by atoms with Crippen molar-refractivity contribution in [2.24, 2.45) is 4.99 Å². The number of hydrogen-bond donors (Lipinski definition) is 2. The molecule has 3 rings (SSSR count). The van der Waals surface area contributed by atoms with E-state index in [0.29, 0.717) is 0 Å². The number of nitrogens with one attached hydrogen (secondary N) is 2. The largest absolute Gasteiger partial charge is 0.497 e. The Kier molecular flexibility index (Phi) is 10.6. The third kappa shape index (κ3) is 7.11. The monoisotopic (exact) mass is 541 g/mol. The number of likely N-dealkylation sites (tertiary alicyclic amines) is 1. The minimum atomic E-state index is 0. The summed E-state index contributed by atoms with van der Waals surface area (Å²) >= 11 is 0. The lowest BCUT2D eigenvalue weighted by molar-refractivity contribution is 0.215. The third-order valence-corrected chi connectivity index (χ3v) is 5.73. The Balaban J connectivity index is 0.00000341. The molecule has 31 heavy (non-hydrogen) atoms. The summed E-state index contributed by atoms with van der Waals surface area (Å²) in [6.45, 7) is 3.72. The van der Waals surface area contributed by atoms with Crippen molar-refractivity contribution in [3.63, 3.8) is 0 Å². The SMILES string of the molecule is CN=C(NCC(c1ccc(OC)cc1)N(C)C)NCC(c1ccco1)N1CCCC1.I. The van der Waals surface area contributed by atoms with Crippen LogP contribution in [0.15, 0.2) is 52.1 Å². The normalized spacial score (nSPS) is 16.6. The average molecular weight is 541 g/mol. The molecule has 0 amide bonds. The third-order valence-electron chi connectivity index (χ3n) is 5.73. The summed E-state index contributed by atoms with van der Waals surface area (Å²) in [5, 5.41) is 6.98. The van der Waals surface area contributed by atoms with Crippen molar-refractivity contribution in [2.75, 3.05) is 54.4 Å². The number of nitrogens with zero attached hydrogens (tertiary/aromatic N) is 3. The highest BCUT2D eigenvalue weighted by molar-refractivity contribution is 14.0. The molecule has 172 valence electrons. The molecular weight excluding hydrogens is 505 g/mol. The summed E-state index contributed by atoms with van der Waals surface area (Å²) in [6.07, 6.45) is 4.25. The van der Waals surface area contributed by atoms with E-state index in [9.17, 15) is 0 Å². The maximum absolute atomic E-state index is 5.72. The molecule has 0 bridgehead atoms. The Labute approximate surface area is 203 Å². The zero-order valence-corrected chi connectivity index (χ0v) is 21.3. The van der Waals surface area contributed by atoms with E-state index in [0.717, 1.165) is 43.6 Å². The Morgan fingerprint density at radius 1 is 1.13 bits per heavy atom. The standard InChI is InChI=1S/C23H35N5O2.HI/c1-24-23(25-16-20(27(2)3)18-9-11-19(29-4)12-10-18)26-17-21(22-8-7-15-30-22)28-13-5-6-14-28;/h7-12,15,20-21H,5-6,13-14,16-17H2,1-4H3,(H2,24,25,26);1H. The first kappa shape index (κ1) is 25.5. The number of benzene rings is 1. The summed E-state index contributed by atoms with van der Waals surface area (Å²) in [5.74, 6) is 2.67. The molecule has 0 radical (unpaired) electrons. The van der Waals surface area contributed by atoms with E-state index in [1.54, 1.807) is 13.4 Å². The van der Waals surface area contributed by atoms with E-state index in [2.05, 4.69) is 57.7 Å². The highest BCUT2D eigenvalue weighted by Crippen LogP contribution is 2.25. The maximum Gasteiger partial charge on any atom is 0.191 e. The van der Waals surface area contributed by atoms with E-state index in [1.807, 2.05) is 25.2 Å². The van der Waals surface area contributed by atoms with Gasteiger partial charge in [0.25, 0.3) is 0 Å². The van der Waals surface area contributed by atoms with E-state index >= 15 is 0 Å². The Hall–Kier alpha value is -1.78. The molecule has 1 fully saturated rings. The van der Waals surface area contributed by atoms with Gasteiger partial charge in [0.2, 0.25) is 0 Å².